The molecule has 0 aliphatic carbocycles. The molecule has 13 heteroatoms. The molecule has 182 valence electrons. The maximum absolute atomic E-state index is 12.1. The molecule has 0 aromatic heterocycles. The van der Waals surface area contributed by atoms with E-state index in [2.05, 4.69) is 0 Å². The molecule has 0 saturated heterocycles. The molecule has 0 bridgehead atoms. The summed E-state index contributed by atoms with van der Waals surface area (Å²) in [6.45, 7) is 5.54. The van der Waals surface area contributed by atoms with Gasteiger partial charge in [-0.2, -0.15) is 25.3 Å². The van der Waals surface area contributed by atoms with Gasteiger partial charge >= 0.3 is 0 Å². The summed E-state index contributed by atoms with van der Waals surface area (Å²) < 4.78 is 100. The molecule has 1 atom stereocenters. The lowest BCUT2D eigenvalue weighted by atomic mass is 9.79. The van der Waals surface area contributed by atoms with E-state index in [9.17, 15) is 38.9 Å². The summed E-state index contributed by atoms with van der Waals surface area (Å²) in [6, 6.07) is 10.1. The Morgan fingerprint density at radius 3 is 1.94 bits per heavy atom. The Kier molecular flexibility index (Phi) is 5.40. The van der Waals surface area contributed by atoms with E-state index in [-0.39, 0.29) is 21.7 Å². The Bertz CT molecular complexity index is 1680. The van der Waals surface area contributed by atoms with Crippen LogP contribution in [0.25, 0.3) is 10.8 Å². The van der Waals surface area contributed by atoms with Crippen LogP contribution in [0.15, 0.2) is 63.2 Å². The SMILES string of the molecule is CC1N(c2cccc(S(=O)(=O)O)c2)c2ccc3c(S(=O)(=O)O)cc(S(=O)(=O)O)cc3c2C1(C)C. The van der Waals surface area contributed by atoms with Crippen LogP contribution in [0.3, 0.4) is 0 Å². The van der Waals surface area contributed by atoms with E-state index >= 15 is 0 Å². The summed E-state index contributed by atoms with van der Waals surface area (Å²) in [5.41, 5.74) is 0.753. The third-order valence-electron chi connectivity index (χ3n) is 6.35. The lowest BCUT2D eigenvalue weighted by Crippen LogP contribution is -2.36. The predicted octanol–water partition coefficient (Wildman–Crippen LogP) is 3.40. The fourth-order valence-corrected chi connectivity index (χ4v) is 6.36. The van der Waals surface area contributed by atoms with Crippen molar-refractivity contribution in [3.63, 3.8) is 0 Å². The van der Waals surface area contributed by atoms with Crippen molar-refractivity contribution in [3.05, 3.63) is 54.1 Å². The third-order valence-corrected chi connectivity index (χ3v) is 8.93. The quantitative estimate of drug-likeness (QED) is 0.428. The highest BCUT2D eigenvalue weighted by Gasteiger charge is 2.44. The second-order valence-electron chi connectivity index (χ2n) is 8.67. The van der Waals surface area contributed by atoms with Crippen molar-refractivity contribution in [3.8, 4) is 0 Å². The van der Waals surface area contributed by atoms with Gasteiger partial charge in [0.05, 0.1) is 9.79 Å². The molecule has 0 amide bonds. The summed E-state index contributed by atoms with van der Waals surface area (Å²) in [7, 11) is -14.1. The normalized spacial score (nSPS) is 18.3. The van der Waals surface area contributed by atoms with Crippen molar-refractivity contribution >= 4 is 52.5 Å². The van der Waals surface area contributed by atoms with Gasteiger partial charge in [-0.25, -0.2) is 0 Å². The molecular formula is C21H21NO9S3. The van der Waals surface area contributed by atoms with Gasteiger partial charge in [-0.15, -0.1) is 0 Å². The van der Waals surface area contributed by atoms with E-state index in [1.165, 1.54) is 24.3 Å². The van der Waals surface area contributed by atoms with Gasteiger partial charge in [0, 0.05) is 28.2 Å². The number of rotatable bonds is 4. The zero-order chi connectivity index (χ0) is 25.4. The zero-order valence-electron chi connectivity index (χ0n) is 18.2. The van der Waals surface area contributed by atoms with Crippen LogP contribution in [-0.4, -0.2) is 45.0 Å². The van der Waals surface area contributed by atoms with E-state index in [0.717, 1.165) is 6.07 Å². The molecule has 1 heterocycles. The smallest absolute Gasteiger partial charge is 0.295 e. The molecular weight excluding hydrogens is 506 g/mol. The molecule has 0 saturated carbocycles. The molecule has 1 aliphatic rings. The molecule has 0 spiro atoms. The first-order valence-electron chi connectivity index (χ1n) is 9.87. The molecule has 3 N–H and O–H groups in total. The average molecular weight is 528 g/mol. The molecule has 0 radical (unpaired) electrons. The first-order chi connectivity index (χ1) is 15.4. The van der Waals surface area contributed by atoms with Crippen molar-refractivity contribution < 1.29 is 38.9 Å². The highest BCUT2D eigenvalue weighted by molar-refractivity contribution is 7.87. The van der Waals surface area contributed by atoms with Gasteiger partial charge in [-0.05, 0) is 54.3 Å². The highest BCUT2D eigenvalue weighted by Crippen LogP contribution is 2.52. The Morgan fingerprint density at radius 1 is 0.765 bits per heavy atom. The highest BCUT2D eigenvalue weighted by atomic mass is 32.2. The molecule has 34 heavy (non-hydrogen) atoms. The van der Waals surface area contributed by atoms with E-state index < -0.39 is 45.6 Å². The summed E-state index contributed by atoms with van der Waals surface area (Å²) in [4.78, 5) is 0.106. The minimum atomic E-state index is -4.85. The number of fused-ring (bicyclic) bond motifs is 3. The van der Waals surface area contributed by atoms with Gasteiger partial charge in [-0.3, -0.25) is 13.7 Å². The molecule has 1 unspecified atom stereocenters. The summed E-state index contributed by atoms with van der Waals surface area (Å²) in [5.74, 6) is 0. The van der Waals surface area contributed by atoms with E-state index in [0.29, 0.717) is 23.0 Å². The van der Waals surface area contributed by atoms with Crippen molar-refractivity contribution in [2.75, 3.05) is 4.90 Å². The van der Waals surface area contributed by atoms with Gasteiger partial charge in [-0.1, -0.05) is 26.0 Å². The van der Waals surface area contributed by atoms with Crippen LogP contribution < -0.4 is 4.90 Å². The van der Waals surface area contributed by atoms with Crippen LogP contribution in [0.2, 0.25) is 0 Å². The number of nitrogens with zero attached hydrogens (tertiary/aromatic N) is 1. The molecule has 1 aliphatic heterocycles. The molecule has 0 fully saturated rings. The van der Waals surface area contributed by atoms with E-state index in [4.69, 9.17) is 0 Å². The summed E-state index contributed by atoms with van der Waals surface area (Å²) in [5, 5.41) is 0.244. The summed E-state index contributed by atoms with van der Waals surface area (Å²) >= 11 is 0. The maximum Gasteiger partial charge on any atom is 0.295 e. The monoisotopic (exact) mass is 527 g/mol. The van der Waals surface area contributed by atoms with Gasteiger partial charge in [0.2, 0.25) is 0 Å². The number of benzene rings is 3. The topological polar surface area (TPSA) is 166 Å². The summed E-state index contributed by atoms with van der Waals surface area (Å²) in [6.07, 6.45) is 0. The standard InChI is InChI=1S/C21H21NO9S3/c1-12-21(2,3)20-17-10-15(33(26,27)28)11-19(34(29,30)31)16(17)7-8-18(20)22(12)13-5-4-6-14(9-13)32(23,24)25/h4-12H,1-3H3,(H,23,24,25)(H,26,27,28)(H,29,30,31). The Morgan fingerprint density at radius 2 is 1.38 bits per heavy atom. The second kappa shape index (κ2) is 7.47. The molecule has 10 nitrogen and oxygen atoms in total. The van der Waals surface area contributed by atoms with Gasteiger partial charge in [0.1, 0.15) is 4.90 Å². The Labute approximate surface area is 197 Å². The zero-order valence-corrected chi connectivity index (χ0v) is 20.6. The van der Waals surface area contributed by atoms with Crippen LogP contribution >= 0.6 is 0 Å². The van der Waals surface area contributed by atoms with Crippen molar-refractivity contribution in [1.82, 2.24) is 0 Å². The molecule has 3 aromatic carbocycles. The lowest BCUT2D eigenvalue weighted by molar-refractivity contribution is 0.464. The lowest BCUT2D eigenvalue weighted by Gasteiger charge is -2.31. The largest absolute Gasteiger partial charge is 0.337 e. The fourth-order valence-electron chi connectivity index (χ4n) is 4.50. The number of hydrogen-bond acceptors (Lipinski definition) is 7. The van der Waals surface area contributed by atoms with Gasteiger partial charge < -0.3 is 4.90 Å². The maximum atomic E-state index is 12.1. The van der Waals surface area contributed by atoms with Crippen LogP contribution in [0.4, 0.5) is 11.4 Å². The van der Waals surface area contributed by atoms with Gasteiger partial charge in [0.15, 0.2) is 0 Å². The fraction of sp³-hybridized carbons (Fsp3) is 0.238. The van der Waals surface area contributed by atoms with E-state index in [1.807, 2.05) is 20.8 Å². The first-order valence-corrected chi connectivity index (χ1v) is 14.2. The van der Waals surface area contributed by atoms with Gasteiger partial charge in [0.25, 0.3) is 30.4 Å². The van der Waals surface area contributed by atoms with Crippen LogP contribution in [-0.2, 0) is 35.8 Å². The number of anilines is 2. The second-order valence-corrected chi connectivity index (χ2v) is 12.9. The average Bonchev–Trinajstić information content (AvgIpc) is 2.91. The Balaban J connectivity index is 2.12. The van der Waals surface area contributed by atoms with Crippen molar-refractivity contribution in [2.45, 2.75) is 46.9 Å². The minimum absolute atomic E-state index is 0.0578. The van der Waals surface area contributed by atoms with E-state index in [1.54, 1.807) is 17.0 Å². The number of hydrogen-bond donors (Lipinski definition) is 3. The Hall–Kier alpha value is -2.55. The molecule has 3 aromatic rings. The molecule has 4 rings (SSSR count). The van der Waals surface area contributed by atoms with Crippen LogP contribution in [0.1, 0.15) is 26.3 Å². The minimum Gasteiger partial charge on any atom is -0.337 e. The van der Waals surface area contributed by atoms with Crippen LogP contribution in [0, 0.1) is 0 Å². The first kappa shape index (κ1) is 24.6. The van der Waals surface area contributed by atoms with Crippen molar-refractivity contribution in [2.24, 2.45) is 0 Å². The predicted molar refractivity (Wildman–Crippen MR) is 124 cm³/mol. The van der Waals surface area contributed by atoms with Crippen LogP contribution in [0.5, 0.6) is 0 Å². The third kappa shape index (κ3) is 3.87. The van der Waals surface area contributed by atoms with Crippen molar-refractivity contribution in [1.29, 1.82) is 0 Å².